The smallest absolute Gasteiger partial charge is 0.743 e. The fourth-order valence-corrected chi connectivity index (χ4v) is 1.94. The second kappa shape index (κ2) is 8.58. The zero-order valence-electron chi connectivity index (χ0n) is 12.2. The Morgan fingerprint density at radius 1 is 0.826 bits per heavy atom. The van der Waals surface area contributed by atoms with Gasteiger partial charge in [0.2, 0.25) is 0 Å². The Morgan fingerprint density at radius 3 is 1.61 bits per heavy atom. The predicted molar refractivity (Wildman–Crippen MR) is 58.2 cm³/mol. The van der Waals surface area contributed by atoms with Gasteiger partial charge in [0.25, 0.3) is 0 Å². The molecule has 0 radical (unpaired) electrons. The first kappa shape index (κ1) is 26.2. The Hall–Kier alpha value is 0.986. The molecule has 0 aromatic rings. The summed E-state index contributed by atoms with van der Waals surface area (Å²) in [5.74, 6) is -19.4. The van der Waals surface area contributed by atoms with Crippen LogP contribution in [0.15, 0.2) is 0 Å². The second-order valence-corrected chi connectivity index (χ2v) is 6.06. The van der Waals surface area contributed by atoms with Gasteiger partial charge in [0, 0.05) is 6.42 Å². The zero-order chi connectivity index (χ0) is 18.0. The van der Waals surface area contributed by atoms with Crippen LogP contribution in [0.25, 0.3) is 0 Å². The minimum Gasteiger partial charge on any atom is -0.743 e. The molecule has 0 spiro atoms. The molecular weight excluding hydrogens is 391 g/mol. The Labute approximate surface area is 170 Å². The molecule has 0 saturated heterocycles. The molecule has 0 atom stereocenters. The summed E-state index contributed by atoms with van der Waals surface area (Å²) in [5.41, 5.74) is 0. The number of halogens is 8. The molecule has 0 aromatic carbocycles. The van der Waals surface area contributed by atoms with Crippen molar-refractivity contribution in [3.05, 3.63) is 0 Å². The maximum atomic E-state index is 13.2. The predicted octanol–water partition coefficient (Wildman–Crippen LogP) is 1.00. The molecule has 13 heteroatoms. The van der Waals surface area contributed by atoms with Crippen LogP contribution in [0, 0.1) is 0 Å². The number of hydrogen-bond acceptors (Lipinski definition) is 3. The van der Waals surface area contributed by atoms with Gasteiger partial charge in [0.05, 0.1) is 0 Å². The van der Waals surface area contributed by atoms with Gasteiger partial charge in [-0.15, -0.1) is 0 Å². The molecule has 134 valence electrons. The van der Waals surface area contributed by atoms with E-state index in [9.17, 15) is 48.1 Å². The maximum absolute atomic E-state index is 13.2. The van der Waals surface area contributed by atoms with Gasteiger partial charge in [-0.1, -0.05) is 26.2 Å². The van der Waals surface area contributed by atoms with Crippen LogP contribution in [0.1, 0.15) is 39.0 Å². The van der Waals surface area contributed by atoms with Gasteiger partial charge in [-0.25, -0.2) is 8.42 Å². The molecule has 0 N–H and O–H groups in total. The molecular formula is C10H13F8KO3S. The number of alkyl halides is 8. The number of hydrogen-bond donors (Lipinski definition) is 0. The van der Waals surface area contributed by atoms with Crippen LogP contribution in [-0.4, -0.2) is 36.0 Å². The molecule has 0 aliphatic heterocycles. The summed E-state index contributed by atoms with van der Waals surface area (Å²) in [5, 5.41) is -6.88. The van der Waals surface area contributed by atoms with Crippen molar-refractivity contribution in [3.8, 4) is 0 Å². The summed E-state index contributed by atoms with van der Waals surface area (Å²) >= 11 is 0. The Morgan fingerprint density at radius 2 is 1.26 bits per heavy atom. The average molecular weight is 404 g/mol. The summed E-state index contributed by atoms with van der Waals surface area (Å²) in [7, 11) is -7.28. The van der Waals surface area contributed by atoms with Crippen molar-refractivity contribution in [2.24, 2.45) is 0 Å². The number of unbranched alkanes of at least 4 members (excludes halogenated alkanes) is 3. The van der Waals surface area contributed by atoms with Crippen molar-refractivity contribution < 1.29 is 99.5 Å². The molecule has 0 unspecified atom stereocenters. The minimum absolute atomic E-state index is 0. The Kier molecular flexibility index (Phi) is 9.78. The molecule has 0 rings (SSSR count). The Balaban J connectivity index is 0. The summed E-state index contributed by atoms with van der Waals surface area (Å²) in [6, 6.07) is 0. The van der Waals surface area contributed by atoms with Gasteiger partial charge in [-0.05, 0) is 6.42 Å². The topological polar surface area (TPSA) is 57.2 Å². The summed E-state index contributed by atoms with van der Waals surface area (Å²) in [6.45, 7) is 1.64. The van der Waals surface area contributed by atoms with E-state index in [1.165, 1.54) is 0 Å². The SMILES string of the molecule is CCCCCCC(F)(F)C(F)(F)C(F)(F)C(F)(F)S(=O)(=O)[O-].[K+]. The van der Waals surface area contributed by atoms with Gasteiger partial charge in [-0.3, -0.25) is 0 Å². The largest absolute Gasteiger partial charge is 1.00 e. The van der Waals surface area contributed by atoms with E-state index in [2.05, 4.69) is 0 Å². The van der Waals surface area contributed by atoms with Gasteiger partial charge in [0.1, 0.15) is 0 Å². The summed E-state index contributed by atoms with van der Waals surface area (Å²) in [6.07, 6.45) is -1.73. The van der Waals surface area contributed by atoms with Crippen LogP contribution < -0.4 is 51.4 Å². The molecule has 0 amide bonds. The van der Waals surface area contributed by atoms with Gasteiger partial charge in [0.15, 0.2) is 10.1 Å². The van der Waals surface area contributed by atoms with E-state index in [-0.39, 0.29) is 57.8 Å². The van der Waals surface area contributed by atoms with Crippen LogP contribution in [0.3, 0.4) is 0 Å². The molecule has 3 nitrogen and oxygen atoms in total. The van der Waals surface area contributed by atoms with Crippen LogP contribution in [0.5, 0.6) is 0 Å². The van der Waals surface area contributed by atoms with E-state index in [1.807, 2.05) is 0 Å². The van der Waals surface area contributed by atoms with E-state index >= 15 is 0 Å². The van der Waals surface area contributed by atoms with Crippen molar-refractivity contribution in [1.29, 1.82) is 0 Å². The van der Waals surface area contributed by atoms with E-state index in [0.717, 1.165) is 0 Å². The molecule has 0 bridgehead atoms. The fourth-order valence-electron chi connectivity index (χ4n) is 1.50. The Bertz CT molecular complexity index is 480. The number of rotatable bonds is 9. The molecule has 0 fully saturated rings. The quantitative estimate of drug-likeness (QED) is 0.249. The average Bonchev–Trinajstić information content (AvgIpc) is 2.32. The molecule has 0 heterocycles. The van der Waals surface area contributed by atoms with E-state index in [4.69, 9.17) is 0 Å². The molecule has 23 heavy (non-hydrogen) atoms. The first-order valence-electron chi connectivity index (χ1n) is 6.03. The standard InChI is InChI=1S/C10H14F8O3S.K/c1-2-3-4-5-6-7(11,12)8(13,14)9(15,16)10(17,18)22(19,20)21;/h2-6H2,1H3,(H,19,20,21);/q;+1/p-1. The molecule has 0 aromatic heterocycles. The maximum Gasteiger partial charge on any atom is 1.00 e. The van der Waals surface area contributed by atoms with E-state index < -0.39 is 46.0 Å². The molecule has 0 aliphatic carbocycles. The molecule has 0 saturated carbocycles. The second-order valence-electron chi connectivity index (χ2n) is 4.63. The summed E-state index contributed by atoms with van der Waals surface area (Å²) < 4.78 is 134. The monoisotopic (exact) mass is 404 g/mol. The summed E-state index contributed by atoms with van der Waals surface area (Å²) in [4.78, 5) is 0. The van der Waals surface area contributed by atoms with Crippen molar-refractivity contribution in [2.45, 2.75) is 62.0 Å². The van der Waals surface area contributed by atoms with Crippen molar-refractivity contribution in [1.82, 2.24) is 0 Å². The fraction of sp³-hybridized carbons (Fsp3) is 1.00. The van der Waals surface area contributed by atoms with Crippen LogP contribution in [0.4, 0.5) is 35.1 Å². The van der Waals surface area contributed by atoms with Crippen LogP contribution in [-0.2, 0) is 10.1 Å². The minimum atomic E-state index is -7.28. The third-order valence-electron chi connectivity index (χ3n) is 2.88. The van der Waals surface area contributed by atoms with Crippen molar-refractivity contribution in [2.75, 3.05) is 0 Å². The van der Waals surface area contributed by atoms with Gasteiger partial charge >= 0.3 is 74.4 Å². The van der Waals surface area contributed by atoms with Gasteiger partial charge in [-0.2, -0.15) is 35.1 Å². The van der Waals surface area contributed by atoms with E-state index in [0.29, 0.717) is 12.8 Å². The van der Waals surface area contributed by atoms with Crippen molar-refractivity contribution in [3.63, 3.8) is 0 Å². The third kappa shape index (κ3) is 5.23. The van der Waals surface area contributed by atoms with Crippen LogP contribution >= 0.6 is 0 Å². The van der Waals surface area contributed by atoms with Crippen LogP contribution in [0.2, 0.25) is 0 Å². The van der Waals surface area contributed by atoms with Gasteiger partial charge < -0.3 is 4.55 Å². The molecule has 0 aliphatic rings. The first-order chi connectivity index (χ1) is 9.56. The van der Waals surface area contributed by atoms with Crippen molar-refractivity contribution >= 4 is 10.1 Å². The normalized spacial score (nSPS) is 14.5. The zero-order valence-corrected chi connectivity index (χ0v) is 16.1. The first-order valence-corrected chi connectivity index (χ1v) is 7.43. The van der Waals surface area contributed by atoms with E-state index in [1.54, 1.807) is 6.92 Å². The third-order valence-corrected chi connectivity index (χ3v) is 3.76.